The van der Waals surface area contributed by atoms with Crippen LogP contribution in [0.3, 0.4) is 0 Å². The van der Waals surface area contributed by atoms with Gasteiger partial charge < -0.3 is 0 Å². The standard InChI is InChI=1S/C11H11FO/c1-7(13)9-4-5-10(8-2-3-8)11(12)6-9/h4-6,8H,2-3H2,1H3. The first kappa shape index (κ1) is 8.42. The van der Waals surface area contributed by atoms with E-state index in [9.17, 15) is 9.18 Å². The highest BCUT2D eigenvalue weighted by atomic mass is 19.1. The van der Waals surface area contributed by atoms with Crippen molar-refractivity contribution in [3.05, 3.63) is 35.1 Å². The number of hydrogen-bond donors (Lipinski definition) is 0. The smallest absolute Gasteiger partial charge is 0.159 e. The first-order chi connectivity index (χ1) is 6.18. The summed E-state index contributed by atoms with van der Waals surface area (Å²) in [6.07, 6.45) is 2.16. The van der Waals surface area contributed by atoms with E-state index >= 15 is 0 Å². The summed E-state index contributed by atoms with van der Waals surface area (Å²) in [6.45, 7) is 1.45. The van der Waals surface area contributed by atoms with Crippen molar-refractivity contribution in [3.8, 4) is 0 Å². The predicted octanol–water partition coefficient (Wildman–Crippen LogP) is 2.91. The Kier molecular flexibility index (Phi) is 1.91. The van der Waals surface area contributed by atoms with Gasteiger partial charge in [-0.1, -0.05) is 12.1 Å². The normalized spacial score (nSPS) is 15.8. The summed E-state index contributed by atoms with van der Waals surface area (Å²) in [5.74, 6) is 0.0949. The van der Waals surface area contributed by atoms with Crippen molar-refractivity contribution >= 4 is 5.78 Å². The van der Waals surface area contributed by atoms with Gasteiger partial charge in [-0.3, -0.25) is 4.79 Å². The highest BCUT2D eigenvalue weighted by Gasteiger charge is 2.26. The highest BCUT2D eigenvalue weighted by Crippen LogP contribution is 2.41. The first-order valence-electron chi connectivity index (χ1n) is 4.49. The molecule has 1 aromatic rings. The number of benzene rings is 1. The molecule has 0 aromatic heterocycles. The first-order valence-corrected chi connectivity index (χ1v) is 4.49. The molecule has 1 fully saturated rings. The molecular formula is C11H11FO. The number of Topliss-reactive ketones (excluding diaryl/α,β-unsaturated/α-hetero) is 1. The molecule has 0 atom stereocenters. The molecule has 1 aliphatic rings. The van der Waals surface area contributed by atoms with Gasteiger partial charge in [0, 0.05) is 5.56 Å². The van der Waals surface area contributed by atoms with Crippen molar-refractivity contribution in [3.63, 3.8) is 0 Å². The minimum atomic E-state index is -0.227. The lowest BCUT2D eigenvalue weighted by Gasteiger charge is -2.01. The van der Waals surface area contributed by atoms with Crippen LogP contribution < -0.4 is 0 Å². The van der Waals surface area contributed by atoms with E-state index in [1.54, 1.807) is 12.1 Å². The lowest BCUT2D eigenvalue weighted by molar-refractivity contribution is 0.101. The molecule has 0 unspecified atom stereocenters. The molecule has 0 aliphatic heterocycles. The minimum Gasteiger partial charge on any atom is -0.295 e. The Hall–Kier alpha value is -1.18. The quantitative estimate of drug-likeness (QED) is 0.636. The molecule has 0 heterocycles. The van der Waals surface area contributed by atoms with Crippen molar-refractivity contribution in [1.29, 1.82) is 0 Å². The van der Waals surface area contributed by atoms with Crippen molar-refractivity contribution < 1.29 is 9.18 Å². The van der Waals surface area contributed by atoms with Gasteiger partial charge in [0.05, 0.1) is 0 Å². The third kappa shape index (κ3) is 1.62. The van der Waals surface area contributed by atoms with Gasteiger partial charge in [0.2, 0.25) is 0 Å². The zero-order chi connectivity index (χ0) is 9.42. The van der Waals surface area contributed by atoms with Crippen LogP contribution in [0.4, 0.5) is 4.39 Å². The monoisotopic (exact) mass is 178 g/mol. The van der Waals surface area contributed by atoms with Crippen molar-refractivity contribution in [2.75, 3.05) is 0 Å². The van der Waals surface area contributed by atoms with Gasteiger partial charge in [0.25, 0.3) is 0 Å². The topological polar surface area (TPSA) is 17.1 Å². The Morgan fingerprint density at radius 1 is 1.46 bits per heavy atom. The van der Waals surface area contributed by atoms with E-state index in [2.05, 4.69) is 0 Å². The molecule has 0 amide bonds. The molecular weight excluding hydrogens is 167 g/mol. The second-order valence-corrected chi connectivity index (χ2v) is 3.57. The molecule has 1 aromatic carbocycles. The molecule has 0 N–H and O–H groups in total. The summed E-state index contributed by atoms with van der Waals surface area (Å²) < 4.78 is 13.3. The van der Waals surface area contributed by atoms with E-state index < -0.39 is 0 Å². The third-order valence-corrected chi connectivity index (χ3v) is 2.42. The van der Waals surface area contributed by atoms with Crippen LogP contribution >= 0.6 is 0 Å². The maximum atomic E-state index is 13.3. The van der Waals surface area contributed by atoms with E-state index in [4.69, 9.17) is 0 Å². The van der Waals surface area contributed by atoms with Crippen molar-refractivity contribution in [2.24, 2.45) is 0 Å². The molecule has 0 radical (unpaired) electrons. The van der Waals surface area contributed by atoms with Crippen LogP contribution in [0, 0.1) is 5.82 Å². The summed E-state index contributed by atoms with van der Waals surface area (Å²) in [5.41, 5.74) is 1.23. The second kappa shape index (κ2) is 2.95. The fourth-order valence-corrected chi connectivity index (χ4v) is 1.47. The van der Waals surface area contributed by atoms with E-state index in [-0.39, 0.29) is 11.6 Å². The zero-order valence-corrected chi connectivity index (χ0v) is 7.51. The summed E-state index contributed by atoms with van der Waals surface area (Å²) >= 11 is 0. The second-order valence-electron chi connectivity index (χ2n) is 3.57. The van der Waals surface area contributed by atoms with Crippen LogP contribution in [0.15, 0.2) is 18.2 Å². The van der Waals surface area contributed by atoms with Gasteiger partial charge in [-0.2, -0.15) is 0 Å². The Balaban J connectivity index is 2.36. The molecule has 1 saturated carbocycles. The molecule has 2 heteroatoms. The van der Waals surface area contributed by atoms with Crippen LogP contribution in [-0.2, 0) is 0 Å². The maximum Gasteiger partial charge on any atom is 0.159 e. The SMILES string of the molecule is CC(=O)c1ccc(C2CC2)c(F)c1. The predicted molar refractivity (Wildman–Crippen MR) is 48.4 cm³/mol. The lowest BCUT2D eigenvalue weighted by Crippen LogP contribution is -1.95. The molecule has 0 saturated heterocycles. The van der Waals surface area contributed by atoms with Crippen LogP contribution in [0.1, 0.15) is 41.6 Å². The number of carbonyl (C=O) groups is 1. The number of ketones is 1. The van der Waals surface area contributed by atoms with Gasteiger partial charge in [0.15, 0.2) is 5.78 Å². The average molecular weight is 178 g/mol. The van der Waals surface area contributed by atoms with Crippen LogP contribution in [-0.4, -0.2) is 5.78 Å². The van der Waals surface area contributed by atoms with E-state index in [1.807, 2.05) is 0 Å². The largest absolute Gasteiger partial charge is 0.295 e. The van der Waals surface area contributed by atoms with Crippen LogP contribution in [0.2, 0.25) is 0 Å². The minimum absolute atomic E-state index is 0.0822. The Bertz CT molecular complexity index is 353. The highest BCUT2D eigenvalue weighted by molar-refractivity contribution is 5.94. The Morgan fingerprint density at radius 2 is 2.15 bits per heavy atom. The van der Waals surface area contributed by atoms with E-state index in [0.717, 1.165) is 18.4 Å². The molecule has 0 bridgehead atoms. The molecule has 0 spiro atoms. The number of hydrogen-bond acceptors (Lipinski definition) is 1. The number of carbonyl (C=O) groups excluding carboxylic acids is 1. The van der Waals surface area contributed by atoms with Gasteiger partial charge in [-0.05, 0) is 37.3 Å². The fraction of sp³-hybridized carbons (Fsp3) is 0.364. The third-order valence-electron chi connectivity index (χ3n) is 2.42. The van der Waals surface area contributed by atoms with E-state index in [0.29, 0.717) is 11.5 Å². The molecule has 1 nitrogen and oxygen atoms in total. The van der Waals surface area contributed by atoms with Gasteiger partial charge in [0.1, 0.15) is 5.82 Å². The summed E-state index contributed by atoms with van der Waals surface area (Å²) in [7, 11) is 0. The van der Waals surface area contributed by atoms with Crippen LogP contribution in [0.25, 0.3) is 0 Å². The molecule has 13 heavy (non-hydrogen) atoms. The van der Waals surface area contributed by atoms with Gasteiger partial charge in [-0.15, -0.1) is 0 Å². The van der Waals surface area contributed by atoms with Crippen molar-refractivity contribution in [1.82, 2.24) is 0 Å². The molecule has 68 valence electrons. The maximum absolute atomic E-state index is 13.3. The van der Waals surface area contributed by atoms with Gasteiger partial charge >= 0.3 is 0 Å². The summed E-state index contributed by atoms with van der Waals surface area (Å²) in [6, 6.07) is 4.79. The molecule has 2 rings (SSSR count). The Labute approximate surface area is 76.6 Å². The Morgan fingerprint density at radius 3 is 2.62 bits per heavy atom. The number of halogens is 1. The zero-order valence-electron chi connectivity index (χ0n) is 7.51. The average Bonchev–Trinajstić information content (AvgIpc) is 2.87. The molecule has 1 aliphatic carbocycles. The van der Waals surface area contributed by atoms with E-state index in [1.165, 1.54) is 13.0 Å². The summed E-state index contributed by atoms with van der Waals surface area (Å²) in [5, 5.41) is 0. The van der Waals surface area contributed by atoms with Crippen molar-refractivity contribution in [2.45, 2.75) is 25.7 Å². The lowest BCUT2D eigenvalue weighted by atomic mass is 10.1. The fourth-order valence-electron chi connectivity index (χ4n) is 1.47. The summed E-state index contributed by atoms with van der Waals surface area (Å²) in [4.78, 5) is 10.9. The van der Waals surface area contributed by atoms with Crippen LogP contribution in [0.5, 0.6) is 0 Å². The number of rotatable bonds is 2. The van der Waals surface area contributed by atoms with Gasteiger partial charge in [-0.25, -0.2) is 4.39 Å².